The number of esters is 1. The van der Waals surface area contributed by atoms with Gasteiger partial charge in [0, 0.05) is 18.8 Å². The summed E-state index contributed by atoms with van der Waals surface area (Å²) in [4.78, 5) is 32.2. The molecule has 0 aliphatic carbocycles. The first-order chi connectivity index (χ1) is 16.5. The molecule has 34 heavy (non-hydrogen) atoms. The van der Waals surface area contributed by atoms with E-state index in [0.29, 0.717) is 34.5 Å². The predicted octanol–water partition coefficient (Wildman–Crippen LogP) is 3.14. The molecule has 1 aromatic rings. The molecule has 0 bridgehead atoms. The summed E-state index contributed by atoms with van der Waals surface area (Å²) in [6, 6.07) is 4.97. The molecule has 2 atom stereocenters. The van der Waals surface area contributed by atoms with Crippen LogP contribution in [0.15, 0.2) is 45.6 Å². The van der Waals surface area contributed by atoms with Crippen molar-refractivity contribution in [3.05, 3.63) is 46.1 Å². The number of hydrogen-bond acceptors (Lipinski definition) is 9. The Kier molecular flexibility index (Phi) is 7.47. The minimum Gasteiger partial charge on any atom is -0.493 e. The quantitative estimate of drug-likeness (QED) is 0.559. The van der Waals surface area contributed by atoms with Crippen LogP contribution in [0.25, 0.3) is 0 Å². The minimum absolute atomic E-state index is 0.0685. The van der Waals surface area contributed by atoms with Crippen LogP contribution in [0.3, 0.4) is 0 Å². The molecule has 9 nitrogen and oxygen atoms in total. The average Bonchev–Trinajstić information content (AvgIpc) is 3.51. The number of ether oxygens (including phenoxy) is 4. The molecule has 1 saturated heterocycles. The lowest BCUT2D eigenvalue weighted by molar-refractivity contribution is -0.136. The number of nitrogens with one attached hydrogen (secondary N) is 1. The molecule has 0 saturated carbocycles. The van der Waals surface area contributed by atoms with Crippen molar-refractivity contribution in [1.82, 2.24) is 10.2 Å². The zero-order valence-corrected chi connectivity index (χ0v) is 20.6. The largest absolute Gasteiger partial charge is 0.493 e. The number of carbonyl (C=O) groups excluding carboxylic acids is 2. The fourth-order valence-corrected chi connectivity index (χ4v) is 5.30. The number of fused-ring (bicyclic) bond motifs is 1. The number of allylic oxidation sites excluding steroid dienone is 1. The van der Waals surface area contributed by atoms with E-state index in [9.17, 15) is 9.59 Å². The van der Waals surface area contributed by atoms with Gasteiger partial charge in [-0.25, -0.2) is 9.79 Å². The monoisotopic (exact) mass is 487 g/mol. The number of amidine groups is 1. The van der Waals surface area contributed by atoms with E-state index in [1.165, 1.54) is 18.9 Å². The third-order valence-electron chi connectivity index (χ3n) is 6.02. The Morgan fingerprint density at radius 2 is 2.03 bits per heavy atom. The fourth-order valence-electron chi connectivity index (χ4n) is 4.34. The number of nitrogens with zero attached hydrogens (tertiary/aromatic N) is 2. The summed E-state index contributed by atoms with van der Waals surface area (Å²) in [6.07, 6.45) is 2.19. The molecule has 4 rings (SSSR count). The SMILES string of the molecule is COC(=O)C1=C(C)N=C2SC=C(CC(=O)NCC3CCCO3)N2C1c1ccc(OC)c(OC)c1. The average molecular weight is 488 g/mol. The lowest BCUT2D eigenvalue weighted by Crippen LogP contribution is -2.38. The smallest absolute Gasteiger partial charge is 0.338 e. The lowest BCUT2D eigenvalue weighted by Gasteiger charge is -2.36. The number of carbonyl (C=O) groups is 2. The molecule has 0 aromatic heterocycles. The molecule has 3 aliphatic rings. The van der Waals surface area contributed by atoms with Gasteiger partial charge in [0.05, 0.1) is 51.2 Å². The molecule has 0 spiro atoms. The number of methoxy groups -OCH3 is 3. The molecule has 3 aliphatic heterocycles. The highest BCUT2D eigenvalue weighted by Crippen LogP contribution is 2.46. The van der Waals surface area contributed by atoms with Gasteiger partial charge in [-0.05, 0) is 42.9 Å². The maximum atomic E-state index is 12.9. The first kappa shape index (κ1) is 24.2. The van der Waals surface area contributed by atoms with E-state index in [2.05, 4.69) is 10.3 Å². The highest BCUT2D eigenvalue weighted by molar-refractivity contribution is 8.16. The Hall–Kier alpha value is -2.98. The van der Waals surface area contributed by atoms with Gasteiger partial charge >= 0.3 is 5.97 Å². The summed E-state index contributed by atoms with van der Waals surface area (Å²) in [5.41, 5.74) is 2.52. The van der Waals surface area contributed by atoms with Crippen molar-refractivity contribution in [2.24, 2.45) is 4.99 Å². The molecular weight excluding hydrogens is 458 g/mol. The standard InChI is InChI=1S/C24H29N3O6S/c1-14-21(23(29)32-4)22(15-7-8-18(30-2)19(10-15)31-3)27-16(13-34-24(27)26-14)11-20(28)25-12-17-6-5-9-33-17/h7-8,10,13,17,22H,5-6,9,11-12H2,1-4H3,(H,25,28). The van der Waals surface area contributed by atoms with Gasteiger partial charge in [-0.2, -0.15) is 0 Å². The molecule has 10 heteroatoms. The Labute approximate surface area is 203 Å². The van der Waals surface area contributed by atoms with E-state index >= 15 is 0 Å². The third-order valence-corrected chi connectivity index (χ3v) is 6.91. The van der Waals surface area contributed by atoms with E-state index in [1.54, 1.807) is 27.2 Å². The van der Waals surface area contributed by atoms with Gasteiger partial charge in [0.2, 0.25) is 5.91 Å². The maximum absolute atomic E-state index is 12.9. The summed E-state index contributed by atoms with van der Waals surface area (Å²) in [5.74, 6) is 0.536. The van der Waals surface area contributed by atoms with E-state index in [4.69, 9.17) is 18.9 Å². The van der Waals surface area contributed by atoms with Crippen LogP contribution in [-0.2, 0) is 19.1 Å². The van der Waals surface area contributed by atoms with Gasteiger partial charge in [0.15, 0.2) is 16.7 Å². The van der Waals surface area contributed by atoms with Crippen molar-refractivity contribution in [2.75, 3.05) is 34.5 Å². The van der Waals surface area contributed by atoms with Crippen molar-refractivity contribution in [1.29, 1.82) is 0 Å². The lowest BCUT2D eigenvalue weighted by atomic mass is 9.93. The predicted molar refractivity (Wildman–Crippen MR) is 129 cm³/mol. The molecule has 1 fully saturated rings. The number of thioether (sulfide) groups is 1. The number of hydrogen-bond donors (Lipinski definition) is 1. The summed E-state index contributed by atoms with van der Waals surface area (Å²) >= 11 is 1.43. The van der Waals surface area contributed by atoms with Crippen molar-refractivity contribution >= 4 is 28.8 Å². The van der Waals surface area contributed by atoms with E-state index in [0.717, 1.165) is 30.7 Å². The second-order valence-electron chi connectivity index (χ2n) is 8.11. The Balaban J connectivity index is 1.64. The Morgan fingerprint density at radius 3 is 2.71 bits per heavy atom. The summed E-state index contributed by atoms with van der Waals surface area (Å²) in [7, 11) is 4.48. The minimum atomic E-state index is -0.535. The van der Waals surface area contributed by atoms with Gasteiger partial charge in [0.1, 0.15) is 0 Å². The van der Waals surface area contributed by atoms with Crippen LogP contribution in [0.2, 0.25) is 0 Å². The zero-order chi connectivity index (χ0) is 24.2. The highest BCUT2D eigenvalue weighted by atomic mass is 32.2. The first-order valence-electron chi connectivity index (χ1n) is 11.1. The molecule has 182 valence electrons. The van der Waals surface area contributed by atoms with Crippen LogP contribution in [0.4, 0.5) is 0 Å². The summed E-state index contributed by atoms with van der Waals surface area (Å²) in [6.45, 7) is 3.02. The second kappa shape index (κ2) is 10.5. The van der Waals surface area contributed by atoms with Crippen LogP contribution in [0.5, 0.6) is 11.5 Å². The van der Waals surface area contributed by atoms with Crippen LogP contribution < -0.4 is 14.8 Å². The van der Waals surface area contributed by atoms with Crippen LogP contribution in [-0.4, -0.2) is 62.5 Å². The van der Waals surface area contributed by atoms with E-state index in [1.807, 2.05) is 22.4 Å². The van der Waals surface area contributed by atoms with Crippen LogP contribution in [0, 0.1) is 0 Å². The van der Waals surface area contributed by atoms with Gasteiger partial charge in [0.25, 0.3) is 0 Å². The molecule has 1 aromatic carbocycles. The van der Waals surface area contributed by atoms with Crippen molar-refractivity contribution in [3.8, 4) is 11.5 Å². The normalized spacial score (nSPS) is 21.6. The third kappa shape index (κ3) is 4.78. The van der Waals surface area contributed by atoms with Crippen molar-refractivity contribution < 1.29 is 28.5 Å². The summed E-state index contributed by atoms with van der Waals surface area (Å²) in [5, 5.41) is 5.58. The maximum Gasteiger partial charge on any atom is 0.338 e. The number of aliphatic imine (C=N–C) groups is 1. The van der Waals surface area contributed by atoms with Gasteiger partial charge in [-0.3, -0.25) is 4.79 Å². The highest BCUT2D eigenvalue weighted by Gasteiger charge is 2.41. The topological polar surface area (TPSA) is 98.7 Å². The zero-order valence-electron chi connectivity index (χ0n) is 19.8. The molecular formula is C24H29N3O6S. The summed E-state index contributed by atoms with van der Waals surface area (Å²) < 4.78 is 21.6. The van der Waals surface area contributed by atoms with E-state index < -0.39 is 12.0 Å². The molecule has 1 amide bonds. The van der Waals surface area contributed by atoms with Crippen molar-refractivity contribution in [2.45, 2.75) is 38.3 Å². The van der Waals surface area contributed by atoms with Gasteiger partial charge < -0.3 is 29.2 Å². The van der Waals surface area contributed by atoms with Crippen LogP contribution in [0.1, 0.15) is 37.8 Å². The molecule has 3 heterocycles. The Bertz CT molecular complexity index is 1060. The van der Waals surface area contributed by atoms with Gasteiger partial charge in [-0.1, -0.05) is 17.8 Å². The number of amides is 1. The fraction of sp³-hybridized carbons (Fsp3) is 0.458. The van der Waals surface area contributed by atoms with Crippen LogP contribution >= 0.6 is 11.8 Å². The second-order valence-corrected chi connectivity index (χ2v) is 8.95. The van der Waals surface area contributed by atoms with Gasteiger partial charge in [-0.15, -0.1) is 0 Å². The Morgan fingerprint density at radius 1 is 1.24 bits per heavy atom. The number of benzene rings is 1. The molecule has 1 N–H and O–H groups in total. The first-order valence-corrected chi connectivity index (χ1v) is 12.0. The van der Waals surface area contributed by atoms with E-state index in [-0.39, 0.29) is 18.4 Å². The van der Waals surface area contributed by atoms with Crippen molar-refractivity contribution in [3.63, 3.8) is 0 Å². The number of rotatable bonds is 8. The molecule has 2 unspecified atom stereocenters. The molecule has 0 radical (unpaired) electrons.